The SMILES string of the molecule is O=C(O)CCC(CC1CCCCC1)NC(=O)c1ccc2nncn2c1. The fourth-order valence-electron chi connectivity index (χ4n) is 3.60. The van der Waals surface area contributed by atoms with Crippen molar-refractivity contribution in [2.45, 2.75) is 57.4 Å². The number of nitrogens with zero attached hydrogens (tertiary/aromatic N) is 3. The molecule has 7 nitrogen and oxygen atoms in total. The average molecular weight is 344 g/mol. The van der Waals surface area contributed by atoms with Crippen molar-refractivity contribution in [3.05, 3.63) is 30.2 Å². The Labute approximate surface area is 146 Å². The van der Waals surface area contributed by atoms with Crippen LogP contribution in [0.1, 0.15) is 61.7 Å². The minimum atomic E-state index is -0.825. The molecule has 2 aromatic rings. The van der Waals surface area contributed by atoms with Crippen molar-refractivity contribution in [1.82, 2.24) is 19.9 Å². The van der Waals surface area contributed by atoms with Gasteiger partial charge in [0, 0.05) is 18.7 Å². The minimum absolute atomic E-state index is 0.0716. The normalized spacial score (nSPS) is 16.6. The number of amides is 1. The first kappa shape index (κ1) is 17.4. The van der Waals surface area contributed by atoms with Crippen LogP contribution in [0.4, 0.5) is 0 Å². The van der Waals surface area contributed by atoms with Gasteiger partial charge in [-0.1, -0.05) is 32.1 Å². The lowest BCUT2D eigenvalue weighted by Crippen LogP contribution is -2.37. The van der Waals surface area contributed by atoms with E-state index >= 15 is 0 Å². The van der Waals surface area contributed by atoms with E-state index in [0.29, 0.717) is 23.5 Å². The maximum atomic E-state index is 12.6. The van der Waals surface area contributed by atoms with Crippen molar-refractivity contribution in [1.29, 1.82) is 0 Å². The Morgan fingerprint density at radius 1 is 1.28 bits per heavy atom. The second kappa shape index (κ2) is 8.09. The van der Waals surface area contributed by atoms with Gasteiger partial charge in [0.2, 0.25) is 0 Å². The largest absolute Gasteiger partial charge is 0.481 e. The van der Waals surface area contributed by atoms with Crippen LogP contribution in [0.2, 0.25) is 0 Å². The van der Waals surface area contributed by atoms with Crippen molar-refractivity contribution < 1.29 is 14.7 Å². The van der Waals surface area contributed by atoms with Crippen molar-refractivity contribution >= 4 is 17.5 Å². The van der Waals surface area contributed by atoms with Crippen molar-refractivity contribution in [2.24, 2.45) is 5.92 Å². The highest BCUT2D eigenvalue weighted by Gasteiger charge is 2.22. The van der Waals surface area contributed by atoms with E-state index in [1.165, 1.54) is 32.1 Å². The first-order valence-corrected chi connectivity index (χ1v) is 8.94. The van der Waals surface area contributed by atoms with Crippen LogP contribution in [0.5, 0.6) is 0 Å². The number of pyridine rings is 1. The molecule has 1 aliphatic rings. The van der Waals surface area contributed by atoms with Gasteiger partial charge in [-0.15, -0.1) is 10.2 Å². The highest BCUT2D eigenvalue weighted by atomic mass is 16.4. The number of nitrogens with one attached hydrogen (secondary N) is 1. The quantitative estimate of drug-likeness (QED) is 0.805. The molecule has 1 atom stereocenters. The van der Waals surface area contributed by atoms with E-state index in [-0.39, 0.29) is 18.4 Å². The van der Waals surface area contributed by atoms with Gasteiger partial charge in [0.05, 0.1) is 5.56 Å². The lowest BCUT2D eigenvalue weighted by Gasteiger charge is -2.27. The molecule has 0 aliphatic heterocycles. The Balaban J connectivity index is 1.66. The van der Waals surface area contributed by atoms with E-state index in [1.54, 1.807) is 29.1 Å². The molecule has 3 rings (SSSR count). The Bertz CT molecular complexity index is 737. The standard InChI is InChI=1S/C18H24N4O3/c23-17(24)9-7-15(10-13-4-2-1-3-5-13)20-18(25)14-6-8-16-21-19-12-22(16)11-14/h6,8,11-13,15H,1-5,7,9-10H2,(H,20,25)(H,23,24). The molecular formula is C18H24N4O3. The third-order valence-electron chi connectivity index (χ3n) is 4.94. The van der Waals surface area contributed by atoms with Gasteiger partial charge >= 0.3 is 5.97 Å². The fraction of sp³-hybridized carbons (Fsp3) is 0.556. The number of hydrogen-bond donors (Lipinski definition) is 2. The van der Waals surface area contributed by atoms with Gasteiger partial charge in [-0.3, -0.25) is 14.0 Å². The van der Waals surface area contributed by atoms with Gasteiger partial charge in [0.25, 0.3) is 5.91 Å². The average Bonchev–Trinajstić information content (AvgIpc) is 3.08. The number of hydrogen-bond acceptors (Lipinski definition) is 4. The molecule has 2 N–H and O–H groups in total. The first-order valence-electron chi connectivity index (χ1n) is 8.94. The summed E-state index contributed by atoms with van der Waals surface area (Å²) in [7, 11) is 0. The molecule has 0 radical (unpaired) electrons. The molecule has 2 heterocycles. The Morgan fingerprint density at radius 3 is 2.84 bits per heavy atom. The maximum absolute atomic E-state index is 12.6. The number of aromatic nitrogens is 3. The summed E-state index contributed by atoms with van der Waals surface area (Å²) >= 11 is 0. The highest BCUT2D eigenvalue weighted by molar-refractivity contribution is 5.94. The van der Waals surface area contributed by atoms with Crippen molar-refractivity contribution in [3.8, 4) is 0 Å². The maximum Gasteiger partial charge on any atom is 0.303 e. The summed E-state index contributed by atoms with van der Waals surface area (Å²) in [5.74, 6) is -0.427. The number of aliphatic carboxylic acids is 1. The Kier molecular flexibility index (Phi) is 5.63. The molecule has 7 heteroatoms. The van der Waals surface area contributed by atoms with E-state index in [4.69, 9.17) is 5.11 Å². The predicted molar refractivity (Wildman–Crippen MR) is 92.3 cm³/mol. The van der Waals surface area contributed by atoms with Crippen LogP contribution < -0.4 is 5.32 Å². The van der Waals surface area contributed by atoms with Crippen LogP contribution in [0.3, 0.4) is 0 Å². The van der Waals surface area contributed by atoms with Crippen molar-refractivity contribution in [3.63, 3.8) is 0 Å². The lowest BCUT2D eigenvalue weighted by atomic mass is 9.84. The summed E-state index contributed by atoms with van der Waals surface area (Å²) in [6, 6.07) is 3.35. The third-order valence-corrected chi connectivity index (χ3v) is 4.94. The molecule has 134 valence electrons. The Morgan fingerprint density at radius 2 is 2.08 bits per heavy atom. The molecule has 1 aliphatic carbocycles. The molecule has 0 spiro atoms. The molecular weight excluding hydrogens is 320 g/mol. The summed E-state index contributed by atoms with van der Waals surface area (Å²) in [6.45, 7) is 0. The number of rotatable bonds is 7. The van der Waals surface area contributed by atoms with Crippen LogP contribution in [-0.4, -0.2) is 37.6 Å². The van der Waals surface area contributed by atoms with Crippen LogP contribution in [0.15, 0.2) is 24.7 Å². The zero-order valence-corrected chi connectivity index (χ0v) is 14.2. The highest BCUT2D eigenvalue weighted by Crippen LogP contribution is 2.28. The lowest BCUT2D eigenvalue weighted by molar-refractivity contribution is -0.137. The van der Waals surface area contributed by atoms with Gasteiger partial charge in [-0.05, 0) is 30.9 Å². The first-order chi connectivity index (χ1) is 12.1. The molecule has 1 unspecified atom stereocenters. The molecule has 0 aromatic carbocycles. The van der Waals surface area contributed by atoms with Gasteiger partial charge < -0.3 is 10.4 Å². The van der Waals surface area contributed by atoms with Crippen molar-refractivity contribution in [2.75, 3.05) is 0 Å². The number of carboxylic acid groups (broad SMARTS) is 1. The number of carbonyl (C=O) groups is 2. The predicted octanol–water partition coefficient (Wildman–Crippen LogP) is 2.66. The molecule has 1 fully saturated rings. The summed E-state index contributed by atoms with van der Waals surface area (Å²) < 4.78 is 1.70. The van der Waals surface area contributed by atoms with E-state index in [0.717, 1.165) is 6.42 Å². The smallest absolute Gasteiger partial charge is 0.303 e. The molecule has 0 saturated heterocycles. The summed E-state index contributed by atoms with van der Waals surface area (Å²) in [5, 5.41) is 19.7. The fourth-order valence-corrected chi connectivity index (χ4v) is 3.60. The molecule has 2 aromatic heterocycles. The van der Waals surface area contributed by atoms with Crippen LogP contribution in [0.25, 0.3) is 5.65 Å². The molecule has 1 amide bonds. The number of carbonyl (C=O) groups excluding carboxylic acids is 1. The number of fused-ring (bicyclic) bond motifs is 1. The van der Waals surface area contributed by atoms with Crippen LogP contribution in [0, 0.1) is 5.92 Å². The van der Waals surface area contributed by atoms with Gasteiger partial charge in [-0.25, -0.2) is 0 Å². The van der Waals surface area contributed by atoms with E-state index in [1.807, 2.05) is 0 Å². The van der Waals surface area contributed by atoms with Crippen LogP contribution in [-0.2, 0) is 4.79 Å². The van der Waals surface area contributed by atoms with E-state index in [2.05, 4.69) is 15.5 Å². The summed E-state index contributed by atoms with van der Waals surface area (Å²) in [5.41, 5.74) is 1.21. The third kappa shape index (κ3) is 4.78. The summed E-state index contributed by atoms with van der Waals surface area (Å²) in [6.07, 6.45) is 10.7. The molecule has 0 bridgehead atoms. The minimum Gasteiger partial charge on any atom is -0.481 e. The zero-order valence-electron chi connectivity index (χ0n) is 14.2. The van der Waals surface area contributed by atoms with E-state index < -0.39 is 5.97 Å². The topological polar surface area (TPSA) is 96.6 Å². The van der Waals surface area contributed by atoms with Gasteiger partial charge in [0.15, 0.2) is 5.65 Å². The van der Waals surface area contributed by atoms with Crippen LogP contribution >= 0.6 is 0 Å². The Hall–Kier alpha value is -2.44. The second-order valence-corrected chi connectivity index (χ2v) is 6.86. The monoisotopic (exact) mass is 344 g/mol. The summed E-state index contributed by atoms with van der Waals surface area (Å²) in [4.78, 5) is 23.5. The zero-order chi connectivity index (χ0) is 17.6. The second-order valence-electron chi connectivity index (χ2n) is 6.86. The molecule has 1 saturated carbocycles. The van der Waals surface area contributed by atoms with E-state index in [9.17, 15) is 9.59 Å². The molecule has 25 heavy (non-hydrogen) atoms. The van der Waals surface area contributed by atoms with Gasteiger partial charge in [-0.2, -0.15) is 0 Å². The number of carboxylic acids is 1. The van der Waals surface area contributed by atoms with Gasteiger partial charge in [0.1, 0.15) is 6.33 Å².